The molecular formula is C14H12BrF3N2S. The smallest absolute Gasteiger partial charge is 0.326 e. The standard InChI is InChI=1S/C14H12BrF3N2S/c15-8-3-4-9(10(5-8)14(16,17)18)13-20-12(7-1-2-7)11(6-19)21-13/h3-5,7H,1-2,6,19H2. The third-order valence-corrected chi connectivity index (χ3v) is 5.01. The maximum atomic E-state index is 13.2. The third-order valence-electron chi connectivity index (χ3n) is 3.39. The number of thiazole rings is 1. The van der Waals surface area contributed by atoms with Gasteiger partial charge in [-0.2, -0.15) is 13.2 Å². The van der Waals surface area contributed by atoms with Crippen molar-refractivity contribution in [3.05, 3.63) is 38.8 Å². The summed E-state index contributed by atoms with van der Waals surface area (Å²) in [5.74, 6) is 0.373. The fraction of sp³-hybridized carbons (Fsp3) is 0.357. The number of nitrogens with zero attached hydrogens (tertiary/aromatic N) is 1. The van der Waals surface area contributed by atoms with Crippen LogP contribution in [0.15, 0.2) is 22.7 Å². The van der Waals surface area contributed by atoms with Gasteiger partial charge in [0.15, 0.2) is 0 Å². The first-order chi connectivity index (χ1) is 9.90. The first kappa shape index (κ1) is 15.0. The van der Waals surface area contributed by atoms with Gasteiger partial charge in [-0.25, -0.2) is 4.98 Å². The molecule has 112 valence electrons. The second kappa shape index (κ2) is 5.37. The molecule has 1 saturated carbocycles. The van der Waals surface area contributed by atoms with Crippen LogP contribution in [0, 0.1) is 0 Å². The highest BCUT2D eigenvalue weighted by atomic mass is 79.9. The molecule has 0 radical (unpaired) electrons. The van der Waals surface area contributed by atoms with E-state index in [1.54, 1.807) is 6.07 Å². The quantitative estimate of drug-likeness (QED) is 0.824. The van der Waals surface area contributed by atoms with E-state index in [0.717, 1.165) is 29.5 Å². The molecule has 0 bridgehead atoms. The highest BCUT2D eigenvalue weighted by Crippen LogP contribution is 2.46. The Morgan fingerprint density at radius 2 is 2.05 bits per heavy atom. The minimum absolute atomic E-state index is 0.123. The normalized spacial score (nSPS) is 15.5. The number of halogens is 4. The lowest BCUT2D eigenvalue weighted by Gasteiger charge is -2.11. The number of rotatable bonds is 3. The largest absolute Gasteiger partial charge is 0.417 e. The van der Waals surface area contributed by atoms with Crippen LogP contribution in [-0.2, 0) is 12.7 Å². The van der Waals surface area contributed by atoms with Gasteiger partial charge in [-0.1, -0.05) is 22.0 Å². The minimum atomic E-state index is -4.41. The maximum Gasteiger partial charge on any atom is 0.417 e. The summed E-state index contributed by atoms with van der Waals surface area (Å²) in [5, 5.41) is 0.400. The molecule has 1 aliphatic carbocycles. The average Bonchev–Trinajstić information content (AvgIpc) is 3.17. The van der Waals surface area contributed by atoms with E-state index in [1.165, 1.54) is 17.4 Å². The van der Waals surface area contributed by atoms with Gasteiger partial charge >= 0.3 is 6.18 Å². The van der Waals surface area contributed by atoms with Gasteiger partial charge in [0.05, 0.1) is 11.3 Å². The molecule has 0 amide bonds. The Labute approximate surface area is 132 Å². The molecule has 2 N–H and O–H groups in total. The molecule has 1 heterocycles. The Hall–Kier alpha value is -0.920. The molecule has 0 atom stereocenters. The molecule has 1 aromatic carbocycles. The summed E-state index contributed by atoms with van der Waals surface area (Å²) in [4.78, 5) is 5.33. The first-order valence-electron chi connectivity index (χ1n) is 6.47. The Balaban J connectivity index is 2.12. The second-order valence-corrected chi connectivity index (χ2v) is 6.99. The Morgan fingerprint density at radius 3 is 2.62 bits per heavy atom. The lowest BCUT2D eigenvalue weighted by Crippen LogP contribution is -2.07. The molecule has 0 aliphatic heterocycles. The molecule has 0 saturated heterocycles. The van der Waals surface area contributed by atoms with Crippen molar-refractivity contribution in [2.24, 2.45) is 5.73 Å². The molecule has 2 aromatic rings. The van der Waals surface area contributed by atoms with Gasteiger partial charge in [-0.15, -0.1) is 11.3 Å². The number of hydrogen-bond acceptors (Lipinski definition) is 3. The molecule has 3 rings (SSSR count). The van der Waals surface area contributed by atoms with Crippen LogP contribution in [0.3, 0.4) is 0 Å². The van der Waals surface area contributed by atoms with Gasteiger partial charge in [0.25, 0.3) is 0 Å². The van der Waals surface area contributed by atoms with Crippen molar-refractivity contribution in [2.75, 3.05) is 0 Å². The van der Waals surface area contributed by atoms with E-state index in [4.69, 9.17) is 5.73 Å². The predicted molar refractivity (Wildman–Crippen MR) is 80.1 cm³/mol. The number of nitrogens with two attached hydrogens (primary N) is 1. The minimum Gasteiger partial charge on any atom is -0.326 e. The van der Waals surface area contributed by atoms with Crippen molar-refractivity contribution in [1.82, 2.24) is 4.98 Å². The Morgan fingerprint density at radius 1 is 1.33 bits per heavy atom. The van der Waals surface area contributed by atoms with Gasteiger partial charge in [0.2, 0.25) is 0 Å². The topological polar surface area (TPSA) is 38.9 Å². The summed E-state index contributed by atoms with van der Waals surface area (Å²) in [6.07, 6.45) is -2.32. The maximum absolute atomic E-state index is 13.2. The van der Waals surface area contributed by atoms with Crippen molar-refractivity contribution < 1.29 is 13.2 Å². The van der Waals surface area contributed by atoms with Crippen LogP contribution in [0.1, 0.15) is 34.9 Å². The summed E-state index contributed by atoms with van der Waals surface area (Å²) >= 11 is 4.36. The summed E-state index contributed by atoms with van der Waals surface area (Å²) < 4.78 is 40.0. The fourth-order valence-corrected chi connectivity index (χ4v) is 3.66. The van der Waals surface area contributed by atoms with Gasteiger partial charge in [0.1, 0.15) is 5.01 Å². The number of alkyl halides is 3. The van der Waals surface area contributed by atoms with E-state index in [2.05, 4.69) is 20.9 Å². The van der Waals surface area contributed by atoms with E-state index >= 15 is 0 Å². The lowest BCUT2D eigenvalue weighted by atomic mass is 10.1. The van der Waals surface area contributed by atoms with Crippen LogP contribution in [0.25, 0.3) is 10.6 Å². The van der Waals surface area contributed by atoms with E-state index in [1.807, 2.05) is 0 Å². The van der Waals surface area contributed by atoms with Gasteiger partial charge in [0, 0.05) is 27.4 Å². The zero-order chi connectivity index (χ0) is 15.2. The molecule has 21 heavy (non-hydrogen) atoms. The van der Waals surface area contributed by atoms with Crippen molar-refractivity contribution in [3.63, 3.8) is 0 Å². The van der Waals surface area contributed by atoms with Crippen molar-refractivity contribution in [1.29, 1.82) is 0 Å². The van der Waals surface area contributed by atoms with Gasteiger partial charge in [-0.3, -0.25) is 0 Å². The van der Waals surface area contributed by atoms with Crippen LogP contribution in [0.4, 0.5) is 13.2 Å². The van der Waals surface area contributed by atoms with Crippen molar-refractivity contribution in [2.45, 2.75) is 31.5 Å². The van der Waals surface area contributed by atoms with Crippen LogP contribution in [0.5, 0.6) is 0 Å². The molecule has 2 nitrogen and oxygen atoms in total. The summed E-state index contributed by atoms with van der Waals surface area (Å²) in [6, 6.07) is 4.16. The predicted octanol–water partition coefficient (Wildman–Crippen LogP) is 4.93. The average molecular weight is 377 g/mol. The van der Waals surface area contributed by atoms with Gasteiger partial charge in [-0.05, 0) is 25.0 Å². The van der Waals surface area contributed by atoms with Crippen molar-refractivity contribution in [3.8, 4) is 10.6 Å². The van der Waals surface area contributed by atoms with E-state index in [0.29, 0.717) is 21.9 Å². The molecular weight excluding hydrogens is 365 g/mol. The third kappa shape index (κ3) is 3.00. The van der Waals surface area contributed by atoms with E-state index in [-0.39, 0.29) is 5.56 Å². The highest BCUT2D eigenvalue weighted by molar-refractivity contribution is 9.10. The molecule has 1 aliphatic rings. The molecule has 1 fully saturated rings. The zero-order valence-corrected chi connectivity index (χ0v) is 13.3. The molecule has 0 spiro atoms. The van der Waals surface area contributed by atoms with Crippen LogP contribution in [-0.4, -0.2) is 4.98 Å². The number of benzene rings is 1. The number of aromatic nitrogens is 1. The highest BCUT2D eigenvalue weighted by Gasteiger charge is 2.36. The number of hydrogen-bond donors (Lipinski definition) is 1. The Bertz CT molecular complexity index is 677. The van der Waals surface area contributed by atoms with Gasteiger partial charge < -0.3 is 5.73 Å². The van der Waals surface area contributed by atoms with E-state index in [9.17, 15) is 13.2 Å². The van der Waals surface area contributed by atoms with Crippen LogP contribution < -0.4 is 5.73 Å². The summed E-state index contributed by atoms with van der Waals surface area (Å²) in [5.41, 5.74) is 6.03. The molecule has 1 aromatic heterocycles. The summed E-state index contributed by atoms with van der Waals surface area (Å²) in [6.45, 7) is 0.321. The van der Waals surface area contributed by atoms with Crippen molar-refractivity contribution >= 4 is 27.3 Å². The van der Waals surface area contributed by atoms with Crippen LogP contribution in [0.2, 0.25) is 0 Å². The summed E-state index contributed by atoms with van der Waals surface area (Å²) in [7, 11) is 0. The molecule has 0 unspecified atom stereocenters. The SMILES string of the molecule is NCc1sc(-c2ccc(Br)cc2C(F)(F)F)nc1C1CC1. The lowest BCUT2D eigenvalue weighted by molar-refractivity contribution is -0.137. The fourth-order valence-electron chi connectivity index (χ4n) is 2.24. The zero-order valence-electron chi connectivity index (χ0n) is 10.9. The van der Waals surface area contributed by atoms with E-state index < -0.39 is 11.7 Å². The van der Waals surface area contributed by atoms with Crippen LogP contribution >= 0.6 is 27.3 Å². The molecule has 7 heteroatoms. The first-order valence-corrected chi connectivity index (χ1v) is 8.08. The second-order valence-electron chi connectivity index (χ2n) is 4.99. The monoisotopic (exact) mass is 376 g/mol. The Kier molecular flexibility index (Phi) is 3.83.